The summed E-state index contributed by atoms with van der Waals surface area (Å²) >= 11 is 0. The van der Waals surface area contributed by atoms with E-state index in [-0.39, 0.29) is 29.8 Å². The van der Waals surface area contributed by atoms with Crippen molar-refractivity contribution in [2.24, 2.45) is 0 Å². The summed E-state index contributed by atoms with van der Waals surface area (Å²) in [6, 6.07) is 11.8. The smallest absolute Gasteiger partial charge is 0.272 e. The number of nitrogens with zero attached hydrogens (tertiary/aromatic N) is 2. The van der Waals surface area contributed by atoms with Crippen LogP contribution in [0.1, 0.15) is 74.8 Å². The maximum atomic E-state index is 13.1. The molecule has 4 rings (SSSR count). The molecule has 0 unspecified atom stereocenters. The SMILES string of the molecule is Cc1nc(C(=O)N2CCC3(CC2)C[C@H](OC(C)C)c2ccccc2O3)ccc1OC(C)C. The summed E-state index contributed by atoms with van der Waals surface area (Å²) in [5.74, 6) is 1.59. The molecule has 1 aromatic heterocycles. The normalized spacial score (nSPS) is 19.7. The monoisotopic (exact) mass is 438 g/mol. The Morgan fingerprint density at radius 2 is 1.81 bits per heavy atom. The van der Waals surface area contributed by atoms with Crippen molar-refractivity contribution < 1.29 is 19.0 Å². The van der Waals surface area contributed by atoms with E-state index >= 15 is 0 Å². The van der Waals surface area contributed by atoms with Gasteiger partial charge in [0.1, 0.15) is 22.8 Å². The summed E-state index contributed by atoms with van der Waals surface area (Å²) in [6.07, 6.45) is 2.58. The predicted octanol–water partition coefficient (Wildman–Crippen LogP) is 5.10. The summed E-state index contributed by atoms with van der Waals surface area (Å²) < 4.78 is 18.5. The predicted molar refractivity (Wildman–Crippen MR) is 123 cm³/mol. The van der Waals surface area contributed by atoms with Gasteiger partial charge in [0, 0.05) is 37.9 Å². The highest BCUT2D eigenvalue weighted by Crippen LogP contribution is 2.46. The van der Waals surface area contributed by atoms with E-state index in [2.05, 4.69) is 24.9 Å². The molecule has 0 saturated carbocycles. The van der Waals surface area contributed by atoms with Gasteiger partial charge in [-0.15, -0.1) is 0 Å². The number of pyridine rings is 1. The highest BCUT2D eigenvalue weighted by molar-refractivity contribution is 5.92. The van der Waals surface area contributed by atoms with Crippen LogP contribution in [0, 0.1) is 6.92 Å². The summed E-state index contributed by atoms with van der Waals surface area (Å²) in [6.45, 7) is 11.2. The van der Waals surface area contributed by atoms with Crippen molar-refractivity contribution in [1.82, 2.24) is 9.88 Å². The fourth-order valence-corrected chi connectivity index (χ4v) is 4.64. The first kappa shape index (κ1) is 22.6. The van der Waals surface area contributed by atoms with Crippen molar-refractivity contribution in [2.45, 2.75) is 77.8 Å². The molecule has 0 bridgehead atoms. The molecule has 2 aliphatic rings. The first-order valence-corrected chi connectivity index (χ1v) is 11.6. The zero-order valence-corrected chi connectivity index (χ0v) is 19.8. The molecule has 0 radical (unpaired) electrons. The number of para-hydroxylation sites is 1. The van der Waals surface area contributed by atoms with Gasteiger partial charge >= 0.3 is 0 Å². The van der Waals surface area contributed by atoms with Gasteiger partial charge in [0.25, 0.3) is 5.91 Å². The molecule has 1 spiro atoms. The lowest BCUT2D eigenvalue weighted by Crippen LogP contribution is -2.52. The number of fused-ring (bicyclic) bond motifs is 1. The molecule has 1 aromatic carbocycles. The van der Waals surface area contributed by atoms with Crippen LogP contribution in [0.4, 0.5) is 0 Å². The number of aryl methyl sites for hydroxylation is 1. The molecule has 6 nitrogen and oxygen atoms in total. The maximum Gasteiger partial charge on any atom is 0.272 e. The van der Waals surface area contributed by atoms with Crippen molar-refractivity contribution in [3.63, 3.8) is 0 Å². The Labute approximate surface area is 190 Å². The number of rotatable bonds is 5. The van der Waals surface area contributed by atoms with Gasteiger partial charge < -0.3 is 19.1 Å². The van der Waals surface area contributed by atoms with Gasteiger partial charge in [-0.3, -0.25) is 4.79 Å². The van der Waals surface area contributed by atoms with Crippen LogP contribution in [0.2, 0.25) is 0 Å². The summed E-state index contributed by atoms with van der Waals surface area (Å²) in [4.78, 5) is 19.5. The lowest BCUT2D eigenvalue weighted by atomic mass is 9.81. The Bertz CT molecular complexity index is 964. The number of amides is 1. The second-order valence-electron chi connectivity index (χ2n) is 9.44. The molecule has 2 aromatic rings. The van der Waals surface area contributed by atoms with Crippen molar-refractivity contribution >= 4 is 5.91 Å². The van der Waals surface area contributed by atoms with E-state index < -0.39 is 0 Å². The van der Waals surface area contributed by atoms with Gasteiger partial charge in [-0.05, 0) is 52.8 Å². The molecule has 1 fully saturated rings. The number of aromatic nitrogens is 1. The summed E-state index contributed by atoms with van der Waals surface area (Å²) in [5.41, 5.74) is 2.02. The quantitative estimate of drug-likeness (QED) is 0.650. The second-order valence-corrected chi connectivity index (χ2v) is 9.44. The number of piperidine rings is 1. The average Bonchev–Trinajstić information content (AvgIpc) is 2.74. The summed E-state index contributed by atoms with van der Waals surface area (Å²) in [5, 5.41) is 0. The molecule has 32 heavy (non-hydrogen) atoms. The van der Waals surface area contributed by atoms with Crippen LogP contribution in [-0.4, -0.2) is 46.7 Å². The Hall–Kier alpha value is -2.60. The van der Waals surface area contributed by atoms with E-state index in [1.165, 1.54) is 0 Å². The van der Waals surface area contributed by atoms with Crippen molar-refractivity contribution in [3.05, 3.63) is 53.3 Å². The van der Waals surface area contributed by atoms with Gasteiger partial charge in [0.05, 0.1) is 24.0 Å². The standard InChI is InChI=1S/C26H34N2O4/c1-17(2)30-22-11-10-21(27-19(22)5)25(29)28-14-12-26(13-15-28)16-24(31-18(3)4)20-8-6-7-9-23(20)32-26/h6-11,17-18,24H,12-16H2,1-5H3/t24-/m0/s1. The molecule has 6 heteroatoms. The van der Waals surface area contributed by atoms with Gasteiger partial charge in [0.2, 0.25) is 0 Å². The molecule has 1 saturated heterocycles. The number of ether oxygens (including phenoxy) is 3. The zero-order valence-electron chi connectivity index (χ0n) is 19.8. The fourth-order valence-electron chi connectivity index (χ4n) is 4.64. The third-order valence-corrected chi connectivity index (χ3v) is 6.17. The molecule has 3 heterocycles. The van der Waals surface area contributed by atoms with Crippen LogP contribution in [0.3, 0.4) is 0 Å². The van der Waals surface area contributed by atoms with Crippen LogP contribution in [0.25, 0.3) is 0 Å². The first-order chi connectivity index (χ1) is 15.3. The molecular weight excluding hydrogens is 404 g/mol. The fraction of sp³-hybridized carbons (Fsp3) is 0.538. The van der Waals surface area contributed by atoms with Crippen LogP contribution in [-0.2, 0) is 4.74 Å². The lowest BCUT2D eigenvalue weighted by molar-refractivity contribution is -0.0872. The Morgan fingerprint density at radius 1 is 1.09 bits per heavy atom. The van der Waals surface area contributed by atoms with Crippen molar-refractivity contribution in [3.8, 4) is 11.5 Å². The third kappa shape index (κ3) is 4.75. The van der Waals surface area contributed by atoms with Crippen LogP contribution in [0.5, 0.6) is 11.5 Å². The van der Waals surface area contributed by atoms with E-state index in [1.54, 1.807) is 6.07 Å². The average molecular weight is 439 g/mol. The topological polar surface area (TPSA) is 60.9 Å². The van der Waals surface area contributed by atoms with Gasteiger partial charge in [0.15, 0.2) is 0 Å². The van der Waals surface area contributed by atoms with Gasteiger partial charge in [-0.1, -0.05) is 18.2 Å². The number of hydrogen-bond donors (Lipinski definition) is 0. The highest BCUT2D eigenvalue weighted by atomic mass is 16.5. The number of carbonyl (C=O) groups excluding carboxylic acids is 1. The summed E-state index contributed by atoms with van der Waals surface area (Å²) in [7, 11) is 0. The van der Waals surface area contributed by atoms with E-state index in [1.807, 2.05) is 49.9 Å². The highest BCUT2D eigenvalue weighted by Gasteiger charge is 2.44. The molecule has 1 atom stereocenters. The molecule has 0 N–H and O–H groups in total. The lowest BCUT2D eigenvalue weighted by Gasteiger charge is -2.47. The zero-order chi connectivity index (χ0) is 22.9. The largest absolute Gasteiger partial charge is 0.489 e. The minimum atomic E-state index is -0.303. The second kappa shape index (κ2) is 9.10. The molecule has 172 valence electrons. The van der Waals surface area contributed by atoms with Gasteiger partial charge in [-0.2, -0.15) is 0 Å². The van der Waals surface area contributed by atoms with Crippen LogP contribution in [0.15, 0.2) is 36.4 Å². The van der Waals surface area contributed by atoms with Crippen molar-refractivity contribution in [2.75, 3.05) is 13.1 Å². The van der Waals surface area contributed by atoms with E-state index in [4.69, 9.17) is 14.2 Å². The van der Waals surface area contributed by atoms with E-state index in [9.17, 15) is 4.79 Å². The van der Waals surface area contributed by atoms with E-state index in [0.717, 1.165) is 42.0 Å². The number of carbonyl (C=O) groups is 1. The maximum absolute atomic E-state index is 13.1. The minimum Gasteiger partial charge on any atom is -0.489 e. The van der Waals surface area contributed by atoms with Gasteiger partial charge in [-0.25, -0.2) is 4.98 Å². The minimum absolute atomic E-state index is 0.0139. The van der Waals surface area contributed by atoms with Crippen molar-refractivity contribution in [1.29, 1.82) is 0 Å². The Morgan fingerprint density at radius 3 is 2.47 bits per heavy atom. The van der Waals surface area contributed by atoms with Crippen LogP contribution >= 0.6 is 0 Å². The molecule has 1 amide bonds. The number of likely N-dealkylation sites (tertiary alicyclic amines) is 1. The molecular formula is C26H34N2O4. The molecule has 2 aliphatic heterocycles. The molecule has 0 aliphatic carbocycles. The number of benzene rings is 1. The first-order valence-electron chi connectivity index (χ1n) is 11.6. The van der Waals surface area contributed by atoms with Crippen LogP contribution < -0.4 is 9.47 Å². The number of hydrogen-bond acceptors (Lipinski definition) is 5. The van der Waals surface area contributed by atoms with E-state index in [0.29, 0.717) is 18.8 Å². The third-order valence-electron chi connectivity index (χ3n) is 6.17. The Balaban J connectivity index is 1.45. The Kier molecular flexibility index (Phi) is 6.42.